The zero-order valence-electron chi connectivity index (χ0n) is 11.9. The molecule has 1 aromatic carbocycles. The van der Waals surface area contributed by atoms with Gasteiger partial charge in [-0.2, -0.15) is 0 Å². The molecule has 1 aromatic rings. The zero-order valence-corrected chi connectivity index (χ0v) is 11.9. The van der Waals surface area contributed by atoms with E-state index in [1.165, 1.54) is 6.42 Å². The number of nitrogens with two attached hydrogens (primary N) is 1. The predicted molar refractivity (Wildman–Crippen MR) is 77.3 cm³/mol. The van der Waals surface area contributed by atoms with Crippen LogP contribution in [0.25, 0.3) is 0 Å². The van der Waals surface area contributed by atoms with Crippen molar-refractivity contribution in [2.45, 2.75) is 64.2 Å². The highest BCUT2D eigenvalue weighted by Gasteiger charge is 2.24. The van der Waals surface area contributed by atoms with Crippen molar-refractivity contribution in [2.24, 2.45) is 5.73 Å². The second-order valence-electron chi connectivity index (χ2n) is 5.69. The van der Waals surface area contributed by atoms with Crippen molar-refractivity contribution in [3.63, 3.8) is 0 Å². The van der Waals surface area contributed by atoms with E-state index in [4.69, 9.17) is 10.5 Å². The fourth-order valence-corrected chi connectivity index (χ4v) is 2.67. The van der Waals surface area contributed by atoms with E-state index in [9.17, 15) is 5.11 Å². The molecule has 0 aliphatic heterocycles. The topological polar surface area (TPSA) is 55.5 Å². The van der Waals surface area contributed by atoms with Crippen LogP contribution in [0, 0.1) is 6.92 Å². The van der Waals surface area contributed by atoms with Crippen LogP contribution in [0.2, 0.25) is 0 Å². The molecule has 2 rings (SSSR count). The molecular weight excluding hydrogens is 238 g/mol. The summed E-state index contributed by atoms with van der Waals surface area (Å²) in [5.74, 6) is 0.834. The summed E-state index contributed by atoms with van der Waals surface area (Å²) in [7, 11) is 0. The van der Waals surface area contributed by atoms with Gasteiger partial charge in [-0.05, 0) is 44.7 Å². The van der Waals surface area contributed by atoms with Crippen molar-refractivity contribution >= 4 is 0 Å². The lowest BCUT2D eigenvalue weighted by atomic mass is 10.0. The molecule has 0 aromatic heterocycles. The number of hydrogen-bond acceptors (Lipinski definition) is 3. The highest BCUT2D eigenvalue weighted by molar-refractivity contribution is 5.39. The maximum Gasteiger partial charge on any atom is 0.124 e. The fourth-order valence-electron chi connectivity index (χ4n) is 2.67. The van der Waals surface area contributed by atoms with Gasteiger partial charge in [0.05, 0.1) is 6.10 Å². The summed E-state index contributed by atoms with van der Waals surface area (Å²) < 4.78 is 6.09. The average molecular weight is 263 g/mol. The van der Waals surface area contributed by atoms with Gasteiger partial charge < -0.3 is 15.6 Å². The van der Waals surface area contributed by atoms with Crippen LogP contribution in [-0.2, 0) is 0 Å². The van der Waals surface area contributed by atoms with Crippen molar-refractivity contribution < 1.29 is 9.84 Å². The Hall–Kier alpha value is -1.06. The molecule has 3 N–H and O–H groups in total. The molecule has 3 heteroatoms. The second-order valence-corrected chi connectivity index (χ2v) is 5.69. The Kier molecular flexibility index (Phi) is 4.83. The van der Waals surface area contributed by atoms with Crippen LogP contribution in [0.1, 0.15) is 56.2 Å². The Labute approximate surface area is 115 Å². The van der Waals surface area contributed by atoms with E-state index < -0.39 is 0 Å². The minimum absolute atomic E-state index is 0.0569. The van der Waals surface area contributed by atoms with Gasteiger partial charge >= 0.3 is 0 Å². The maximum absolute atomic E-state index is 10.2. The van der Waals surface area contributed by atoms with Gasteiger partial charge in [0.1, 0.15) is 11.9 Å². The van der Waals surface area contributed by atoms with Gasteiger partial charge in [-0.15, -0.1) is 0 Å². The quantitative estimate of drug-likeness (QED) is 0.824. The number of rotatable bonds is 3. The van der Waals surface area contributed by atoms with Gasteiger partial charge in [0.2, 0.25) is 0 Å². The smallest absolute Gasteiger partial charge is 0.124 e. The van der Waals surface area contributed by atoms with Gasteiger partial charge in [0.25, 0.3) is 0 Å². The van der Waals surface area contributed by atoms with E-state index >= 15 is 0 Å². The third-order valence-corrected chi connectivity index (χ3v) is 3.86. The molecule has 1 saturated carbocycles. The van der Waals surface area contributed by atoms with Gasteiger partial charge in [0, 0.05) is 11.6 Å². The summed E-state index contributed by atoms with van der Waals surface area (Å²) in [5, 5.41) is 10.2. The molecule has 0 amide bonds. The second kappa shape index (κ2) is 6.40. The van der Waals surface area contributed by atoms with E-state index in [1.807, 2.05) is 26.0 Å². The number of aliphatic hydroxyl groups excluding tert-OH is 1. The summed E-state index contributed by atoms with van der Waals surface area (Å²) in [6, 6.07) is 6.04. The van der Waals surface area contributed by atoms with E-state index in [0.29, 0.717) is 0 Å². The number of aryl methyl sites for hydroxylation is 1. The largest absolute Gasteiger partial charge is 0.487 e. The molecule has 3 atom stereocenters. The molecule has 2 unspecified atom stereocenters. The van der Waals surface area contributed by atoms with Crippen molar-refractivity contribution in [1.29, 1.82) is 0 Å². The highest BCUT2D eigenvalue weighted by atomic mass is 16.5. The van der Waals surface area contributed by atoms with Crippen LogP contribution in [0.3, 0.4) is 0 Å². The van der Waals surface area contributed by atoms with Crippen LogP contribution in [0.5, 0.6) is 5.75 Å². The molecule has 0 bridgehead atoms. The van der Waals surface area contributed by atoms with Gasteiger partial charge in [-0.3, -0.25) is 0 Å². The Morgan fingerprint density at radius 2 is 2.00 bits per heavy atom. The van der Waals surface area contributed by atoms with Crippen LogP contribution in [0.4, 0.5) is 0 Å². The maximum atomic E-state index is 10.2. The highest BCUT2D eigenvalue weighted by Crippen LogP contribution is 2.29. The van der Waals surface area contributed by atoms with E-state index in [0.717, 1.165) is 42.6 Å². The monoisotopic (exact) mass is 263 g/mol. The van der Waals surface area contributed by atoms with E-state index in [-0.39, 0.29) is 18.2 Å². The lowest BCUT2D eigenvalue weighted by molar-refractivity contribution is 0.0312. The summed E-state index contributed by atoms with van der Waals surface area (Å²) in [4.78, 5) is 0. The molecule has 3 nitrogen and oxygen atoms in total. The van der Waals surface area contributed by atoms with Crippen LogP contribution in [-0.4, -0.2) is 17.3 Å². The lowest BCUT2D eigenvalue weighted by Gasteiger charge is -2.24. The SMILES string of the molecule is Cc1ccc([C@@H](C)N)c(OC2CCCCCC2O)c1. The van der Waals surface area contributed by atoms with Crippen molar-refractivity contribution in [1.82, 2.24) is 0 Å². The predicted octanol–water partition coefficient (Wildman–Crippen LogP) is 3.09. The van der Waals surface area contributed by atoms with E-state index in [1.54, 1.807) is 0 Å². The molecule has 19 heavy (non-hydrogen) atoms. The van der Waals surface area contributed by atoms with Gasteiger partial charge in [-0.25, -0.2) is 0 Å². The standard InChI is InChI=1S/C16H25NO2/c1-11-8-9-13(12(2)17)16(10-11)19-15-7-5-3-4-6-14(15)18/h8-10,12,14-15,18H,3-7,17H2,1-2H3/t12-,14?,15?/m1/s1. The lowest BCUT2D eigenvalue weighted by Crippen LogP contribution is -2.31. The molecule has 1 aliphatic rings. The summed E-state index contributed by atoms with van der Waals surface area (Å²) in [6.45, 7) is 4.00. The van der Waals surface area contributed by atoms with Gasteiger partial charge in [0.15, 0.2) is 0 Å². The first-order valence-electron chi connectivity index (χ1n) is 7.29. The first kappa shape index (κ1) is 14.4. The molecule has 0 heterocycles. The number of hydrogen-bond donors (Lipinski definition) is 2. The summed E-state index contributed by atoms with van der Waals surface area (Å²) in [5.41, 5.74) is 8.16. The average Bonchev–Trinajstić information content (AvgIpc) is 2.55. The summed E-state index contributed by atoms with van der Waals surface area (Å²) in [6.07, 6.45) is 4.71. The summed E-state index contributed by atoms with van der Waals surface area (Å²) >= 11 is 0. The van der Waals surface area contributed by atoms with Crippen LogP contribution in [0.15, 0.2) is 18.2 Å². The molecule has 0 radical (unpaired) electrons. The first-order chi connectivity index (χ1) is 9.08. The molecule has 0 saturated heterocycles. The van der Waals surface area contributed by atoms with Crippen LogP contribution >= 0.6 is 0 Å². The normalized spacial score (nSPS) is 25.7. The zero-order chi connectivity index (χ0) is 13.8. The molecule has 1 fully saturated rings. The number of ether oxygens (including phenoxy) is 1. The fraction of sp³-hybridized carbons (Fsp3) is 0.625. The molecule has 0 spiro atoms. The first-order valence-corrected chi connectivity index (χ1v) is 7.29. The Morgan fingerprint density at radius 1 is 1.26 bits per heavy atom. The molecule has 1 aliphatic carbocycles. The Morgan fingerprint density at radius 3 is 2.74 bits per heavy atom. The minimum Gasteiger partial charge on any atom is -0.487 e. The Balaban J connectivity index is 2.18. The number of benzene rings is 1. The van der Waals surface area contributed by atoms with E-state index in [2.05, 4.69) is 6.07 Å². The molecular formula is C16H25NO2. The van der Waals surface area contributed by atoms with Crippen molar-refractivity contribution in [3.05, 3.63) is 29.3 Å². The molecule has 106 valence electrons. The third kappa shape index (κ3) is 3.71. The Bertz CT molecular complexity index is 417. The van der Waals surface area contributed by atoms with Crippen molar-refractivity contribution in [2.75, 3.05) is 0 Å². The van der Waals surface area contributed by atoms with Crippen molar-refractivity contribution in [3.8, 4) is 5.75 Å². The number of aliphatic hydroxyl groups is 1. The third-order valence-electron chi connectivity index (χ3n) is 3.86. The van der Waals surface area contributed by atoms with Crippen LogP contribution < -0.4 is 10.5 Å². The minimum atomic E-state index is -0.357. The van der Waals surface area contributed by atoms with Gasteiger partial charge in [-0.1, -0.05) is 25.0 Å².